The third-order valence-corrected chi connectivity index (χ3v) is 6.43. The first-order chi connectivity index (χ1) is 15.7. The Labute approximate surface area is 194 Å². The van der Waals surface area contributed by atoms with Crippen LogP contribution >= 0.6 is 11.8 Å². The molecule has 0 bridgehead atoms. The maximum atomic E-state index is 13.2. The highest BCUT2D eigenvalue weighted by Crippen LogP contribution is 2.50. The van der Waals surface area contributed by atoms with E-state index >= 15 is 0 Å². The molecule has 1 saturated heterocycles. The van der Waals surface area contributed by atoms with Gasteiger partial charge in [0.05, 0.1) is 45.5 Å². The molecule has 176 valence electrons. The van der Waals surface area contributed by atoms with Gasteiger partial charge < -0.3 is 15.2 Å². The Morgan fingerprint density at radius 3 is 2.55 bits per heavy atom. The van der Waals surface area contributed by atoms with Crippen molar-refractivity contribution in [3.63, 3.8) is 0 Å². The standard InChI is InChI=1S/C22H25N3O7S/c1-4-6-10-32-21(27)16-15(13-8-7-9-14(11-13)25(29)30)17(22(28)31-5-2)20-24(18(16)23)19(26)12(3)33-20/h7-9,11-12,15H,4-6,10,23H2,1-3H3/t12-,15-/m1/s1. The summed E-state index contributed by atoms with van der Waals surface area (Å²) in [7, 11) is 0. The van der Waals surface area contributed by atoms with Gasteiger partial charge in [0.2, 0.25) is 5.91 Å². The molecule has 3 rings (SSSR count). The molecular formula is C22H25N3O7S. The van der Waals surface area contributed by atoms with Crippen LogP contribution in [0.15, 0.2) is 46.3 Å². The van der Waals surface area contributed by atoms with Crippen LogP contribution in [0.1, 0.15) is 45.1 Å². The first-order valence-electron chi connectivity index (χ1n) is 10.6. The fraction of sp³-hybridized carbons (Fsp3) is 0.409. The maximum absolute atomic E-state index is 13.2. The normalized spacial score (nSPS) is 20.1. The molecule has 33 heavy (non-hydrogen) atoms. The third-order valence-electron chi connectivity index (χ3n) is 5.24. The molecule has 1 aromatic rings. The number of nitro groups is 1. The first kappa shape index (κ1) is 24.3. The summed E-state index contributed by atoms with van der Waals surface area (Å²) < 4.78 is 10.6. The minimum atomic E-state index is -1.10. The zero-order chi connectivity index (χ0) is 24.3. The number of fused-ring (bicyclic) bond motifs is 1. The number of ether oxygens (including phenoxy) is 2. The highest BCUT2D eigenvalue weighted by molar-refractivity contribution is 8.04. The zero-order valence-electron chi connectivity index (χ0n) is 18.5. The number of hydrogen-bond acceptors (Lipinski definition) is 9. The summed E-state index contributed by atoms with van der Waals surface area (Å²) in [5.74, 6) is -3.18. The molecule has 0 aliphatic carbocycles. The lowest BCUT2D eigenvalue weighted by Gasteiger charge is -2.33. The van der Waals surface area contributed by atoms with Crippen LogP contribution in [0.3, 0.4) is 0 Å². The number of unbranched alkanes of at least 4 members (excludes halogenated alkanes) is 1. The van der Waals surface area contributed by atoms with Crippen molar-refractivity contribution in [2.24, 2.45) is 5.73 Å². The second-order valence-electron chi connectivity index (χ2n) is 7.45. The minimum Gasteiger partial charge on any atom is -0.463 e. The molecule has 2 N–H and O–H groups in total. The molecule has 2 atom stereocenters. The quantitative estimate of drug-likeness (QED) is 0.260. The molecule has 0 saturated carbocycles. The van der Waals surface area contributed by atoms with Crippen molar-refractivity contribution in [1.82, 2.24) is 4.90 Å². The average molecular weight is 476 g/mol. The summed E-state index contributed by atoms with van der Waals surface area (Å²) >= 11 is 1.12. The van der Waals surface area contributed by atoms with Gasteiger partial charge in [-0.3, -0.25) is 19.8 Å². The molecule has 0 aromatic heterocycles. The predicted octanol–water partition coefficient (Wildman–Crippen LogP) is 2.94. The van der Waals surface area contributed by atoms with E-state index < -0.39 is 28.0 Å². The van der Waals surface area contributed by atoms with E-state index in [0.29, 0.717) is 6.42 Å². The van der Waals surface area contributed by atoms with Crippen molar-refractivity contribution < 1.29 is 28.8 Å². The fourth-order valence-corrected chi connectivity index (χ4v) is 4.84. The van der Waals surface area contributed by atoms with Crippen LogP contribution in [0.2, 0.25) is 0 Å². The molecule has 1 amide bonds. The molecule has 0 spiro atoms. The molecule has 0 unspecified atom stereocenters. The Kier molecular flexibility index (Phi) is 7.42. The lowest BCUT2D eigenvalue weighted by atomic mass is 9.82. The Balaban J connectivity index is 2.26. The van der Waals surface area contributed by atoms with Crippen molar-refractivity contribution in [1.29, 1.82) is 0 Å². The lowest BCUT2D eigenvalue weighted by molar-refractivity contribution is -0.384. The summed E-state index contributed by atoms with van der Waals surface area (Å²) in [5, 5.41) is 11.1. The number of carbonyl (C=O) groups excluding carboxylic acids is 3. The molecule has 2 aliphatic heterocycles. The Morgan fingerprint density at radius 2 is 1.91 bits per heavy atom. The van der Waals surface area contributed by atoms with Crippen LogP contribution in [0.25, 0.3) is 0 Å². The van der Waals surface area contributed by atoms with Gasteiger partial charge in [0.25, 0.3) is 5.69 Å². The zero-order valence-corrected chi connectivity index (χ0v) is 19.3. The number of hydrogen-bond donors (Lipinski definition) is 1. The highest BCUT2D eigenvalue weighted by atomic mass is 32.2. The van der Waals surface area contributed by atoms with Crippen LogP contribution < -0.4 is 5.73 Å². The van der Waals surface area contributed by atoms with Gasteiger partial charge in [-0.2, -0.15) is 0 Å². The Morgan fingerprint density at radius 1 is 1.21 bits per heavy atom. The van der Waals surface area contributed by atoms with Gasteiger partial charge in [0.15, 0.2) is 0 Å². The van der Waals surface area contributed by atoms with E-state index in [4.69, 9.17) is 15.2 Å². The number of amides is 1. The van der Waals surface area contributed by atoms with Gasteiger partial charge in [-0.25, -0.2) is 9.59 Å². The predicted molar refractivity (Wildman–Crippen MR) is 120 cm³/mol. The molecule has 1 fully saturated rings. The van der Waals surface area contributed by atoms with Crippen molar-refractivity contribution in [2.45, 2.75) is 44.8 Å². The van der Waals surface area contributed by atoms with Crippen LogP contribution in [0, 0.1) is 10.1 Å². The van der Waals surface area contributed by atoms with E-state index in [0.717, 1.165) is 23.1 Å². The van der Waals surface area contributed by atoms with E-state index in [1.54, 1.807) is 19.9 Å². The number of carbonyl (C=O) groups is 3. The monoisotopic (exact) mass is 475 g/mol. The number of esters is 2. The van der Waals surface area contributed by atoms with Gasteiger partial charge in [0.1, 0.15) is 5.82 Å². The number of benzene rings is 1. The van der Waals surface area contributed by atoms with Crippen molar-refractivity contribution in [3.05, 3.63) is 61.9 Å². The highest BCUT2D eigenvalue weighted by Gasteiger charge is 2.49. The minimum absolute atomic E-state index is 0.0247. The second-order valence-corrected chi connectivity index (χ2v) is 8.78. The lowest BCUT2D eigenvalue weighted by Crippen LogP contribution is -2.40. The Hall–Kier alpha value is -3.34. The second kappa shape index (κ2) is 10.1. The van der Waals surface area contributed by atoms with Crippen LogP contribution in [-0.4, -0.2) is 46.1 Å². The number of nitrogens with two attached hydrogens (primary N) is 1. The van der Waals surface area contributed by atoms with E-state index in [-0.39, 0.29) is 52.4 Å². The van der Waals surface area contributed by atoms with Gasteiger partial charge >= 0.3 is 11.9 Å². The largest absolute Gasteiger partial charge is 0.463 e. The SMILES string of the molecule is CCCCOC(=O)C1=C(N)N2C(=O)[C@@H](C)SC2=C(C(=O)OCC)[C@@H]1c1cccc([N+](=O)[O-])c1. The summed E-state index contributed by atoms with van der Waals surface area (Å²) in [6, 6.07) is 5.60. The number of nitro benzene ring substituents is 1. The fourth-order valence-electron chi connectivity index (χ4n) is 3.68. The molecule has 1 aromatic carbocycles. The van der Waals surface area contributed by atoms with Gasteiger partial charge in [-0.15, -0.1) is 0 Å². The summed E-state index contributed by atoms with van der Waals surface area (Å²) in [5.41, 5.74) is 6.31. The van der Waals surface area contributed by atoms with Crippen molar-refractivity contribution >= 4 is 35.3 Å². The average Bonchev–Trinajstić information content (AvgIpc) is 3.08. The van der Waals surface area contributed by atoms with Gasteiger partial charge in [0, 0.05) is 12.1 Å². The summed E-state index contributed by atoms with van der Waals surface area (Å²) in [4.78, 5) is 51.1. The number of non-ortho nitro benzene ring substituents is 1. The Bertz CT molecular complexity index is 1070. The van der Waals surface area contributed by atoms with Gasteiger partial charge in [-0.1, -0.05) is 37.2 Å². The molecule has 2 aliphatic rings. The van der Waals surface area contributed by atoms with Crippen LogP contribution in [0.5, 0.6) is 0 Å². The first-order valence-corrected chi connectivity index (χ1v) is 11.4. The smallest absolute Gasteiger partial charge is 0.338 e. The van der Waals surface area contributed by atoms with E-state index in [2.05, 4.69) is 0 Å². The number of nitrogens with zero attached hydrogens (tertiary/aromatic N) is 2. The van der Waals surface area contributed by atoms with Crippen LogP contribution in [0.4, 0.5) is 5.69 Å². The molecule has 11 heteroatoms. The van der Waals surface area contributed by atoms with Gasteiger partial charge in [-0.05, 0) is 25.8 Å². The van der Waals surface area contributed by atoms with Crippen molar-refractivity contribution in [2.75, 3.05) is 13.2 Å². The number of rotatable bonds is 8. The van der Waals surface area contributed by atoms with E-state index in [1.165, 1.54) is 18.2 Å². The summed E-state index contributed by atoms with van der Waals surface area (Å²) in [6.07, 6.45) is 1.40. The van der Waals surface area contributed by atoms with Crippen LogP contribution in [-0.2, 0) is 23.9 Å². The molecule has 0 radical (unpaired) electrons. The number of thioether (sulfide) groups is 1. The summed E-state index contributed by atoms with van der Waals surface area (Å²) in [6.45, 7) is 5.41. The van der Waals surface area contributed by atoms with E-state index in [1.807, 2.05) is 6.92 Å². The topological polar surface area (TPSA) is 142 Å². The molecule has 2 heterocycles. The van der Waals surface area contributed by atoms with Crippen molar-refractivity contribution in [3.8, 4) is 0 Å². The molecular weight excluding hydrogens is 450 g/mol. The molecule has 10 nitrogen and oxygen atoms in total. The van der Waals surface area contributed by atoms with E-state index in [9.17, 15) is 24.5 Å². The third kappa shape index (κ3) is 4.58. The maximum Gasteiger partial charge on any atom is 0.338 e.